The SMILES string of the molecule is NC1(C(=O)O)CCN(c2ccc(S(N)(=O)=O)cc2)C1. The summed E-state index contributed by atoms with van der Waals surface area (Å²) in [5.41, 5.74) is 5.24. The molecule has 1 aromatic rings. The number of nitrogens with two attached hydrogens (primary N) is 2. The Labute approximate surface area is 110 Å². The number of carbonyl (C=O) groups is 1. The van der Waals surface area contributed by atoms with Gasteiger partial charge in [0, 0.05) is 18.8 Å². The summed E-state index contributed by atoms with van der Waals surface area (Å²) in [4.78, 5) is 12.9. The molecule has 104 valence electrons. The van der Waals surface area contributed by atoms with Gasteiger partial charge in [-0.1, -0.05) is 0 Å². The second-order valence-electron chi connectivity index (χ2n) is 4.67. The van der Waals surface area contributed by atoms with E-state index in [0.717, 1.165) is 5.69 Å². The first-order valence-corrected chi connectivity index (χ1v) is 7.17. The normalized spacial score (nSPS) is 23.6. The fourth-order valence-electron chi connectivity index (χ4n) is 2.07. The molecule has 1 aliphatic heterocycles. The van der Waals surface area contributed by atoms with Crippen molar-refractivity contribution >= 4 is 21.7 Å². The molecule has 1 atom stereocenters. The monoisotopic (exact) mass is 285 g/mol. The number of carboxylic acid groups (broad SMARTS) is 1. The Morgan fingerprint density at radius 3 is 2.32 bits per heavy atom. The lowest BCUT2D eigenvalue weighted by molar-refractivity contribution is -0.142. The molecule has 1 heterocycles. The van der Waals surface area contributed by atoms with Crippen LogP contribution in [0.15, 0.2) is 29.2 Å². The molecule has 0 bridgehead atoms. The van der Waals surface area contributed by atoms with Gasteiger partial charge in [0.05, 0.1) is 4.90 Å². The van der Waals surface area contributed by atoms with Crippen LogP contribution < -0.4 is 15.8 Å². The van der Waals surface area contributed by atoms with Gasteiger partial charge in [-0.15, -0.1) is 0 Å². The van der Waals surface area contributed by atoms with Crippen molar-refractivity contribution in [2.45, 2.75) is 16.9 Å². The fraction of sp³-hybridized carbons (Fsp3) is 0.364. The number of nitrogens with zero attached hydrogens (tertiary/aromatic N) is 1. The van der Waals surface area contributed by atoms with Crippen molar-refractivity contribution < 1.29 is 18.3 Å². The highest BCUT2D eigenvalue weighted by Gasteiger charge is 2.41. The minimum absolute atomic E-state index is 0.0210. The standard InChI is InChI=1S/C11H15N3O4S/c12-11(10(15)16)5-6-14(7-11)8-1-3-9(4-2-8)19(13,17)18/h1-4H,5-7,12H2,(H,15,16)(H2,13,17,18). The van der Waals surface area contributed by atoms with Crippen molar-refractivity contribution in [1.29, 1.82) is 0 Å². The third-order valence-electron chi connectivity index (χ3n) is 3.26. The van der Waals surface area contributed by atoms with Crippen LogP contribution in [0.4, 0.5) is 5.69 Å². The molecule has 0 aromatic heterocycles. The third-order valence-corrected chi connectivity index (χ3v) is 4.19. The summed E-state index contributed by atoms with van der Waals surface area (Å²) in [5.74, 6) is -1.03. The van der Waals surface area contributed by atoms with Crippen LogP contribution >= 0.6 is 0 Å². The highest BCUT2D eigenvalue weighted by molar-refractivity contribution is 7.89. The topological polar surface area (TPSA) is 127 Å². The number of hydrogen-bond acceptors (Lipinski definition) is 5. The lowest BCUT2D eigenvalue weighted by Gasteiger charge is -2.21. The van der Waals surface area contributed by atoms with Gasteiger partial charge in [-0.25, -0.2) is 13.6 Å². The first kappa shape index (κ1) is 13.8. The lowest BCUT2D eigenvalue weighted by Crippen LogP contribution is -2.50. The van der Waals surface area contributed by atoms with Crippen LogP contribution in [0, 0.1) is 0 Å². The maximum atomic E-state index is 11.1. The molecule has 1 aliphatic rings. The Hall–Kier alpha value is -1.64. The van der Waals surface area contributed by atoms with Crippen LogP contribution in [-0.2, 0) is 14.8 Å². The van der Waals surface area contributed by atoms with E-state index >= 15 is 0 Å². The number of primary sulfonamides is 1. The molecule has 1 saturated heterocycles. The maximum absolute atomic E-state index is 11.1. The highest BCUT2D eigenvalue weighted by Crippen LogP contribution is 2.26. The Kier molecular flexibility index (Phi) is 3.25. The molecule has 2 rings (SSSR count). The summed E-state index contributed by atoms with van der Waals surface area (Å²) in [6.07, 6.45) is 0.347. The van der Waals surface area contributed by atoms with Gasteiger partial charge in [0.25, 0.3) is 0 Å². The van der Waals surface area contributed by atoms with Gasteiger partial charge < -0.3 is 15.7 Å². The molecule has 0 aliphatic carbocycles. The van der Waals surface area contributed by atoms with Crippen molar-refractivity contribution in [3.63, 3.8) is 0 Å². The molecular weight excluding hydrogens is 270 g/mol. The molecule has 19 heavy (non-hydrogen) atoms. The van der Waals surface area contributed by atoms with E-state index in [0.29, 0.717) is 13.0 Å². The molecule has 0 saturated carbocycles. The first-order chi connectivity index (χ1) is 8.72. The van der Waals surface area contributed by atoms with Crippen LogP contribution in [0.25, 0.3) is 0 Å². The molecule has 1 unspecified atom stereocenters. The molecular formula is C11H15N3O4S. The molecule has 5 N–H and O–H groups in total. The molecule has 8 heteroatoms. The van der Waals surface area contributed by atoms with Crippen LogP contribution in [0.5, 0.6) is 0 Å². The van der Waals surface area contributed by atoms with E-state index in [4.69, 9.17) is 16.0 Å². The van der Waals surface area contributed by atoms with E-state index < -0.39 is 21.5 Å². The summed E-state index contributed by atoms with van der Waals surface area (Å²) >= 11 is 0. The van der Waals surface area contributed by atoms with E-state index in [1.54, 1.807) is 17.0 Å². The zero-order chi connectivity index (χ0) is 14.3. The Bertz CT molecular complexity index is 599. The molecule has 0 radical (unpaired) electrons. The Balaban J connectivity index is 2.19. The molecule has 0 spiro atoms. The number of sulfonamides is 1. The Morgan fingerprint density at radius 2 is 1.89 bits per heavy atom. The van der Waals surface area contributed by atoms with Crippen molar-refractivity contribution in [2.75, 3.05) is 18.0 Å². The van der Waals surface area contributed by atoms with Gasteiger partial charge in [-0.2, -0.15) is 0 Å². The van der Waals surface area contributed by atoms with Crippen LogP contribution in [0.1, 0.15) is 6.42 Å². The third kappa shape index (κ3) is 2.70. The quantitative estimate of drug-likeness (QED) is 0.675. The van der Waals surface area contributed by atoms with Gasteiger partial charge in [0.1, 0.15) is 5.54 Å². The lowest BCUT2D eigenvalue weighted by atomic mass is 10.0. The zero-order valence-electron chi connectivity index (χ0n) is 10.1. The summed E-state index contributed by atoms with van der Waals surface area (Å²) in [6, 6.07) is 5.96. The summed E-state index contributed by atoms with van der Waals surface area (Å²) in [6.45, 7) is 0.703. The van der Waals surface area contributed by atoms with E-state index in [-0.39, 0.29) is 11.4 Å². The van der Waals surface area contributed by atoms with Gasteiger partial charge in [-0.05, 0) is 30.7 Å². The molecule has 1 fully saturated rings. The number of hydrogen-bond donors (Lipinski definition) is 3. The Morgan fingerprint density at radius 1 is 1.32 bits per heavy atom. The second-order valence-corrected chi connectivity index (χ2v) is 6.23. The minimum Gasteiger partial charge on any atom is -0.480 e. The molecule has 0 amide bonds. The van der Waals surface area contributed by atoms with E-state index in [9.17, 15) is 13.2 Å². The van der Waals surface area contributed by atoms with Crippen molar-refractivity contribution in [2.24, 2.45) is 10.9 Å². The van der Waals surface area contributed by atoms with Gasteiger partial charge in [0.2, 0.25) is 10.0 Å². The predicted molar refractivity (Wildman–Crippen MR) is 69.2 cm³/mol. The average Bonchev–Trinajstić information content (AvgIpc) is 2.72. The summed E-state index contributed by atoms with van der Waals surface area (Å²) in [7, 11) is -3.72. The second kappa shape index (κ2) is 4.48. The van der Waals surface area contributed by atoms with Crippen LogP contribution in [0.2, 0.25) is 0 Å². The van der Waals surface area contributed by atoms with Crippen LogP contribution in [-0.4, -0.2) is 38.1 Å². The summed E-state index contributed by atoms with van der Waals surface area (Å²) in [5, 5.41) is 14.0. The van der Waals surface area contributed by atoms with Crippen molar-refractivity contribution in [3.8, 4) is 0 Å². The van der Waals surface area contributed by atoms with E-state index in [1.165, 1.54) is 12.1 Å². The van der Waals surface area contributed by atoms with Gasteiger partial charge in [-0.3, -0.25) is 4.79 Å². The molecule has 1 aromatic carbocycles. The number of carboxylic acids is 1. The highest BCUT2D eigenvalue weighted by atomic mass is 32.2. The zero-order valence-corrected chi connectivity index (χ0v) is 10.9. The molecule has 7 nitrogen and oxygen atoms in total. The number of anilines is 1. The minimum atomic E-state index is -3.72. The number of rotatable bonds is 3. The van der Waals surface area contributed by atoms with Crippen molar-refractivity contribution in [1.82, 2.24) is 0 Å². The largest absolute Gasteiger partial charge is 0.480 e. The maximum Gasteiger partial charge on any atom is 0.325 e. The smallest absolute Gasteiger partial charge is 0.325 e. The predicted octanol–water partition coefficient (Wildman–Crippen LogP) is -0.674. The fourth-order valence-corrected chi connectivity index (χ4v) is 2.59. The van der Waals surface area contributed by atoms with Gasteiger partial charge in [0.15, 0.2) is 0 Å². The van der Waals surface area contributed by atoms with E-state index in [1.807, 2.05) is 0 Å². The number of aliphatic carboxylic acids is 1. The first-order valence-electron chi connectivity index (χ1n) is 5.62. The summed E-state index contributed by atoms with van der Waals surface area (Å²) < 4.78 is 22.2. The van der Waals surface area contributed by atoms with Crippen molar-refractivity contribution in [3.05, 3.63) is 24.3 Å². The average molecular weight is 285 g/mol. The van der Waals surface area contributed by atoms with Crippen LogP contribution in [0.3, 0.4) is 0 Å². The number of benzene rings is 1. The van der Waals surface area contributed by atoms with E-state index in [2.05, 4.69) is 0 Å². The van der Waals surface area contributed by atoms with Gasteiger partial charge >= 0.3 is 5.97 Å².